The van der Waals surface area contributed by atoms with Crippen LogP contribution in [0.4, 0.5) is 0 Å². The van der Waals surface area contributed by atoms with E-state index in [2.05, 4.69) is 0 Å². The highest BCUT2D eigenvalue weighted by molar-refractivity contribution is 6.10. The zero-order chi connectivity index (χ0) is 24.6. The summed E-state index contributed by atoms with van der Waals surface area (Å²) in [7, 11) is 3.22. The summed E-state index contributed by atoms with van der Waals surface area (Å²) in [6.45, 7) is 0.411. The number of amides is 3. The van der Waals surface area contributed by atoms with Crippen LogP contribution in [0, 0.1) is 0 Å². The Kier molecular flexibility index (Phi) is 5.89. The molecule has 35 heavy (non-hydrogen) atoms. The topological polar surface area (TPSA) is 66.9 Å². The van der Waals surface area contributed by atoms with Crippen LogP contribution in [-0.4, -0.2) is 54.3 Å². The van der Waals surface area contributed by atoms with Crippen molar-refractivity contribution < 1.29 is 19.1 Å². The Morgan fingerprint density at radius 2 is 1.63 bits per heavy atom. The number of nitrogens with zero attached hydrogens (tertiary/aromatic N) is 2. The first-order valence-electron chi connectivity index (χ1n) is 11.8. The van der Waals surface area contributed by atoms with Gasteiger partial charge >= 0.3 is 0 Å². The first-order valence-corrected chi connectivity index (χ1v) is 11.8. The number of hydrogen-bond acceptors (Lipinski definition) is 4. The number of likely N-dealkylation sites (tertiary alicyclic amines) is 1. The molecule has 3 aromatic carbocycles. The number of rotatable bonds is 6. The second kappa shape index (κ2) is 9.02. The zero-order valence-electron chi connectivity index (χ0n) is 19.9. The Balaban J connectivity index is 1.36. The molecule has 1 saturated heterocycles. The molecule has 0 N–H and O–H groups in total. The van der Waals surface area contributed by atoms with Crippen molar-refractivity contribution >= 4 is 17.7 Å². The zero-order valence-corrected chi connectivity index (χ0v) is 19.9. The summed E-state index contributed by atoms with van der Waals surface area (Å²) < 4.78 is 5.99. The van der Waals surface area contributed by atoms with E-state index in [0.29, 0.717) is 12.1 Å². The van der Waals surface area contributed by atoms with Crippen LogP contribution in [0.2, 0.25) is 0 Å². The van der Waals surface area contributed by atoms with Gasteiger partial charge in [-0.3, -0.25) is 19.3 Å². The van der Waals surface area contributed by atoms with Gasteiger partial charge in [-0.1, -0.05) is 72.8 Å². The second-order valence-electron chi connectivity index (χ2n) is 9.46. The lowest BCUT2D eigenvalue weighted by Crippen LogP contribution is -2.43. The third-order valence-corrected chi connectivity index (χ3v) is 7.16. The Labute approximate surface area is 205 Å². The first-order chi connectivity index (χ1) is 16.9. The molecule has 5 rings (SSSR count). The molecule has 0 spiro atoms. The lowest BCUT2D eigenvalue weighted by atomic mass is 9.75. The molecule has 2 heterocycles. The van der Waals surface area contributed by atoms with Crippen LogP contribution in [0.5, 0.6) is 5.75 Å². The molecule has 3 amide bonds. The fraction of sp³-hybridized carbons (Fsp3) is 0.276. The van der Waals surface area contributed by atoms with Crippen LogP contribution in [-0.2, 0) is 26.2 Å². The summed E-state index contributed by atoms with van der Waals surface area (Å²) in [6.07, 6.45) is 0.520. The average molecular weight is 469 g/mol. The second-order valence-corrected chi connectivity index (χ2v) is 9.46. The quantitative estimate of drug-likeness (QED) is 0.516. The molecule has 0 radical (unpaired) electrons. The van der Waals surface area contributed by atoms with E-state index >= 15 is 0 Å². The summed E-state index contributed by atoms with van der Waals surface area (Å²) in [5.41, 5.74) is 2.69. The predicted octanol–water partition coefficient (Wildman–Crippen LogP) is 3.83. The molecule has 0 saturated carbocycles. The lowest BCUT2D eigenvalue weighted by molar-refractivity contribution is -0.141. The number of fused-ring (bicyclic) bond motifs is 1. The van der Waals surface area contributed by atoms with Crippen molar-refractivity contribution in [2.45, 2.75) is 30.8 Å². The maximum absolute atomic E-state index is 13.4. The number of para-hydroxylation sites is 1. The van der Waals surface area contributed by atoms with Gasteiger partial charge in [0.25, 0.3) is 0 Å². The van der Waals surface area contributed by atoms with Crippen LogP contribution in [0.15, 0.2) is 78.9 Å². The van der Waals surface area contributed by atoms with Gasteiger partial charge in [0.1, 0.15) is 11.9 Å². The summed E-state index contributed by atoms with van der Waals surface area (Å²) in [5.74, 6) is 0.0630. The first kappa shape index (κ1) is 22.8. The van der Waals surface area contributed by atoms with Crippen molar-refractivity contribution in [2.75, 3.05) is 20.6 Å². The SMILES string of the molecule is CN(CC1Cc2ccccc2O1)C(=O)CC1(c2ccc(-c3ccccc3)cc2)CC(=O)N(C)C1=O. The van der Waals surface area contributed by atoms with Crippen molar-refractivity contribution in [3.8, 4) is 16.9 Å². The molecule has 0 bridgehead atoms. The van der Waals surface area contributed by atoms with E-state index in [4.69, 9.17) is 4.74 Å². The highest BCUT2D eigenvalue weighted by Gasteiger charge is 2.52. The van der Waals surface area contributed by atoms with Gasteiger partial charge in [0, 0.05) is 33.4 Å². The number of benzene rings is 3. The molecular formula is C29H28N2O4. The van der Waals surface area contributed by atoms with Crippen molar-refractivity contribution in [3.63, 3.8) is 0 Å². The van der Waals surface area contributed by atoms with Gasteiger partial charge in [0.2, 0.25) is 17.7 Å². The van der Waals surface area contributed by atoms with Gasteiger partial charge in [-0.15, -0.1) is 0 Å². The van der Waals surface area contributed by atoms with Crippen molar-refractivity contribution in [1.82, 2.24) is 9.80 Å². The minimum absolute atomic E-state index is 0.0159. The molecule has 2 aliphatic rings. The van der Waals surface area contributed by atoms with Crippen molar-refractivity contribution in [3.05, 3.63) is 90.0 Å². The summed E-state index contributed by atoms with van der Waals surface area (Å²) in [6, 6.07) is 25.5. The van der Waals surface area contributed by atoms with Gasteiger partial charge in [-0.2, -0.15) is 0 Å². The minimum Gasteiger partial charge on any atom is -0.488 e. The Morgan fingerprint density at radius 1 is 0.971 bits per heavy atom. The van der Waals surface area contributed by atoms with E-state index in [1.165, 1.54) is 7.05 Å². The number of carbonyl (C=O) groups excluding carboxylic acids is 3. The molecule has 0 aliphatic carbocycles. The largest absolute Gasteiger partial charge is 0.488 e. The number of likely N-dealkylation sites (N-methyl/N-ethyl adjacent to an activating group) is 2. The van der Waals surface area contributed by atoms with Crippen LogP contribution < -0.4 is 4.74 Å². The summed E-state index contributed by atoms with van der Waals surface area (Å²) in [5, 5.41) is 0. The number of carbonyl (C=O) groups is 3. The molecular weight excluding hydrogens is 440 g/mol. The fourth-order valence-corrected chi connectivity index (χ4v) is 5.12. The van der Waals surface area contributed by atoms with E-state index in [1.807, 2.05) is 78.9 Å². The van der Waals surface area contributed by atoms with Crippen molar-refractivity contribution in [2.24, 2.45) is 0 Å². The van der Waals surface area contributed by atoms with Crippen LogP contribution in [0.25, 0.3) is 11.1 Å². The third-order valence-electron chi connectivity index (χ3n) is 7.16. The molecule has 2 aliphatic heterocycles. The average Bonchev–Trinajstić information content (AvgIpc) is 3.38. The Morgan fingerprint density at radius 3 is 2.29 bits per heavy atom. The summed E-state index contributed by atoms with van der Waals surface area (Å²) in [4.78, 5) is 42.1. The number of imide groups is 1. The van der Waals surface area contributed by atoms with Crippen LogP contribution >= 0.6 is 0 Å². The monoisotopic (exact) mass is 468 g/mol. The summed E-state index contributed by atoms with van der Waals surface area (Å²) >= 11 is 0. The van der Waals surface area contributed by atoms with Crippen LogP contribution in [0.3, 0.4) is 0 Å². The van der Waals surface area contributed by atoms with E-state index in [1.54, 1.807) is 11.9 Å². The fourth-order valence-electron chi connectivity index (χ4n) is 5.12. The van der Waals surface area contributed by atoms with E-state index in [-0.39, 0.29) is 36.7 Å². The van der Waals surface area contributed by atoms with E-state index < -0.39 is 5.41 Å². The minimum atomic E-state index is -1.20. The molecule has 2 atom stereocenters. The predicted molar refractivity (Wildman–Crippen MR) is 133 cm³/mol. The van der Waals surface area contributed by atoms with Crippen LogP contribution in [0.1, 0.15) is 24.0 Å². The van der Waals surface area contributed by atoms with Gasteiger partial charge < -0.3 is 9.64 Å². The molecule has 6 heteroatoms. The maximum atomic E-state index is 13.4. The normalized spacial score (nSPS) is 21.1. The smallest absolute Gasteiger partial charge is 0.240 e. The van der Waals surface area contributed by atoms with Gasteiger partial charge in [0.15, 0.2) is 0 Å². The molecule has 178 valence electrons. The van der Waals surface area contributed by atoms with E-state index in [0.717, 1.165) is 33.8 Å². The molecule has 2 unspecified atom stereocenters. The number of hydrogen-bond donors (Lipinski definition) is 0. The third kappa shape index (κ3) is 4.20. The van der Waals surface area contributed by atoms with E-state index in [9.17, 15) is 14.4 Å². The highest BCUT2D eigenvalue weighted by Crippen LogP contribution is 2.40. The van der Waals surface area contributed by atoms with Crippen molar-refractivity contribution in [1.29, 1.82) is 0 Å². The molecule has 0 aromatic heterocycles. The highest BCUT2D eigenvalue weighted by atomic mass is 16.5. The lowest BCUT2D eigenvalue weighted by Gasteiger charge is -2.29. The molecule has 6 nitrogen and oxygen atoms in total. The Hall–Kier alpha value is -3.93. The molecule has 3 aromatic rings. The number of ether oxygens (including phenoxy) is 1. The van der Waals surface area contributed by atoms with Gasteiger partial charge in [-0.05, 0) is 28.3 Å². The van der Waals surface area contributed by atoms with Gasteiger partial charge in [0.05, 0.1) is 12.0 Å². The Bertz CT molecular complexity index is 1250. The molecule has 1 fully saturated rings. The maximum Gasteiger partial charge on any atom is 0.240 e. The van der Waals surface area contributed by atoms with Gasteiger partial charge in [-0.25, -0.2) is 0 Å². The standard InChI is InChI=1S/C29H28N2O4/c1-30(19-24-16-22-10-6-7-11-25(22)35-24)26(32)17-29(18-27(33)31(2)28(29)34)23-14-12-21(13-15-23)20-8-4-3-5-9-20/h3-15,24H,16-19H2,1-2H3.